The van der Waals surface area contributed by atoms with Crippen molar-refractivity contribution in [1.29, 1.82) is 0 Å². The summed E-state index contributed by atoms with van der Waals surface area (Å²) in [6, 6.07) is 0. The minimum absolute atomic E-state index is 0.0920. The van der Waals surface area contributed by atoms with Gasteiger partial charge in [-0.15, -0.1) is 0 Å². The van der Waals surface area contributed by atoms with Gasteiger partial charge in [-0.05, 0) is 0 Å². The van der Waals surface area contributed by atoms with Crippen molar-refractivity contribution in [3.63, 3.8) is 0 Å². The lowest BCUT2D eigenvalue weighted by atomic mass is 10.3. The molecule has 1 heterocycles. The highest BCUT2D eigenvalue weighted by atomic mass is 16.4. The molecule has 0 bridgehead atoms. The van der Waals surface area contributed by atoms with Crippen LogP contribution in [0.25, 0.3) is 0 Å². The lowest BCUT2D eigenvalue weighted by molar-refractivity contribution is 0.0695. The average molecular weight is 199 g/mol. The summed E-state index contributed by atoms with van der Waals surface area (Å²) in [6.45, 7) is 0. The molecule has 0 aliphatic carbocycles. The van der Waals surface area contributed by atoms with Gasteiger partial charge in [0.2, 0.25) is 0 Å². The molecule has 1 aromatic rings. The van der Waals surface area contributed by atoms with Crippen molar-refractivity contribution < 1.29 is 9.90 Å². The van der Waals surface area contributed by atoms with E-state index >= 15 is 0 Å². The van der Waals surface area contributed by atoms with Crippen LogP contribution in [0.3, 0.4) is 0 Å². The summed E-state index contributed by atoms with van der Waals surface area (Å²) in [7, 11) is 2.62. The van der Waals surface area contributed by atoms with Crippen LogP contribution in [0.15, 0.2) is 9.59 Å². The number of hydrogen-bond acceptors (Lipinski definition) is 4. The normalized spacial score (nSPS) is 9.86. The second-order valence-electron chi connectivity index (χ2n) is 2.60. The van der Waals surface area contributed by atoms with Crippen molar-refractivity contribution in [1.82, 2.24) is 9.55 Å². The van der Waals surface area contributed by atoms with Crippen LogP contribution in [0, 0.1) is 0 Å². The van der Waals surface area contributed by atoms with Gasteiger partial charge in [0, 0.05) is 14.1 Å². The maximum absolute atomic E-state index is 11.3. The fourth-order valence-electron chi connectivity index (χ4n) is 1.01. The summed E-state index contributed by atoms with van der Waals surface area (Å²) in [5.41, 5.74) is -1.98. The minimum Gasteiger partial charge on any atom is -0.477 e. The van der Waals surface area contributed by atoms with Crippen LogP contribution < -0.4 is 16.6 Å². The van der Waals surface area contributed by atoms with Gasteiger partial charge in [0.1, 0.15) is 5.82 Å². The molecular formula is C7H9N3O4. The van der Waals surface area contributed by atoms with E-state index in [1.54, 1.807) is 0 Å². The summed E-state index contributed by atoms with van der Waals surface area (Å²) >= 11 is 0. The minimum atomic E-state index is -1.38. The summed E-state index contributed by atoms with van der Waals surface area (Å²) in [5.74, 6) is -1.48. The van der Waals surface area contributed by atoms with Crippen LogP contribution >= 0.6 is 0 Å². The highest BCUT2D eigenvalue weighted by molar-refractivity contribution is 5.92. The van der Waals surface area contributed by atoms with Gasteiger partial charge in [-0.3, -0.25) is 14.3 Å². The molecule has 1 rings (SSSR count). The molecule has 0 amide bonds. The molecule has 76 valence electrons. The van der Waals surface area contributed by atoms with Crippen LogP contribution in [0.1, 0.15) is 10.4 Å². The van der Waals surface area contributed by atoms with Crippen molar-refractivity contribution in [2.75, 3.05) is 12.4 Å². The van der Waals surface area contributed by atoms with Gasteiger partial charge in [0.15, 0.2) is 5.56 Å². The van der Waals surface area contributed by atoms with Gasteiger partial charge in [-0.25, -0.2) is 9.59 Å². The molecule has 0 saturated carbocycles. The number of nitrogens with zero attached hydrogens (tertiary/aromatic N) is 1. The Hall–Kier alpha value is -2.05. The Kier molecular flexibility index (Phi) is 2.41. The molecule has 0 atom stereocenters. The SMILES string of the molecule is CNc1[nH]c(=O)n(C)c(=O)c1C(=O)O. The molecular weight excluding hydrogens is 190 g/mol. The molecule has 3 N–H and O–H groups in total. The Bertz CT molecular complexity index is 485. The third kappa shape index (κ3) is 1.39. The average Bonchev–Trinajstić information content (AvgIpc) is 2.12. The first-order valence-corrected chi connectivity index (χ1v) is 3.73. The lowest BCUT2D eigenvalue weighted by Crippen LogP contribution is -2.37. The molecule has 1 aromatic heterocycles. The van der Waals surface area contributed by atoms with Crippen molar-refractivity contribution in [2.45, 2.75) is 0 Å². The van der Waals surface area contributed by atoms with E-state index in [4.69, 9.17) is 5.11 Å². The quantitative estimate of drug-likeness (QED) is 0.555. The maximum Gasteiger partial charge on any atom is 0.345 e. The molecule has 0 saturated heterocycles. The summed E-state index contributed by atoms with van der Waals surface area (Å²) in [4.78, 5) is 35.3. The number of carboxylic acids is 1. The third-order valence-electron chi connectivity index (χ3n) is 1.77. The molecule has 14 heavy (non-hydrogen) atoms. The Morgan fingerprint density at radius 2 is 2.07 bits per heavy atom. The summed E-state index contributed by atoms with van der Waals surface area (Å²) in [5, 5.41) is 11.2. The number of hydrogen-bond donors (Lipinski definition) is 3. The van der Waals surface area contributed by atoms with E-state index in [0.717, 1.165) is 0 Å². The van der Waals surface area contributed by atoms with Crippen LogP contribution in [0.2, 0.25) is 0 Å². The van der Waals surface area contributed by atoms with Crippen LogP contribution in [-0.4, -0.2) is 27.7 Å². The number of carbonyl (C=O) groups is 1. The zero-order valence-corrected chi connectivity index (χ0v) is 7.62. The highest BCUT2D eigenvalue weighted by Gasteiger charge is 2.17. The van der Waals surface area contributed by atoms with Crippen molar-refractivity contribution in [2.24, 2.45) is 7.05 Å². The molecule has 0 unspecified atom stereocenters. The zero-order chi connectivity index (χ0) is 10.9. The Morgan fingerprint density at radius 1 is 1.50 bits per heavy atom. The number of aromatic carboxylic acids is 1. The molecule has 7 heteroatoms. The fourth-order valence-corrected chi connectivity index (χ4v) is 1.01. The molecule has 0 aliphatic heterocycles. The predicted octanol–water partition coefficient (Wildman–Crippen LogP) is -1.19. The van der Waals surface area contributed by atoms with Gasteiger partial charge < -0.3 is 10.4 Å². The van der Waals surface area contributed by atoms with E-state index in [1.807, 2.05) is 0 Å². The first-order chi connectivity index (χ1) is 6.49. The standard InChI is InChI=1S/C7H9N3O4/c1-8-4-3(6(12)13)5(11)10(2)7(14)9-4/h8H,1-2H3,(H,9,14)(H,12,13). The zero-order valence-electron chi connectivity index (χ0n) is 7.62. The van der Waals surface area contributed by atoms with Gasteiger partial charge >= 0.3 is 11.7 Å². The number of carboxylic acid groups (broad SMARTS) is 1. The van der Waals surface area contributed by atoms with E-state index in [1.165, 1.54) is 14.1 Å². The van der Waals surface area contributed by atoms with Crippen LogP contribution in [0.5, 0.6) is 0 Å². The fraction of sp³-hybridized carbons (Fsp3) is 0.286. The third-order valence-corrected chi connectivity index (χ3v) is 1.77. The van der Waals surface area contributed by atoms with E-state index in [2.05, 4.69) is 10.3 Å². The molecule has 0 aliphatic rings. The Morgan fingerprint density at radius 3 is 2.50 bits per heavy atom. The highest BCUT2D eigenvalue weighted by Crippen LogP contribution is 2.02. The molecule has 0 spiro atoms. The Balaban J connectivity index is 3.71. The van der Waals surface area contributed by atoms with Gasteiger partial charge in [-0.2, -0.15) is 0 Å². The van der Waals surface area contributed by atoms with E-state index in [0.29, 0.717) is 4.57 Å². The van der Waals surface area contributed by atoms with Crippen molar-refractivity contribution in [3.8, 4) is 0 Å². The number of rotatable bonds is 2. The first kappa shape index (κ1) is 10.0. The molecule has 0 aromatic carbocycles. The number of anilines is 1. The smallest absolute Gasteiger partial charge is 0.345 e. The number of aromatic amines is 1. The van der Waals surface area contributed by atoms with Crippen molar-refractivity contribution in [3.05, 3.63) is 26.4 Å². The molecule has 0 fully saturated rings. The van der Waals surface area contributed by atoms with Crippen LogP contribution in [-0.2, 0) is 7.05 Å². The summed E-state index contributed by atoms with van der Waals surface area (Å²) < 4.78 is 0.699. The number of nitrogens with one attached hydrogen (secondary N) is 2. The molecule has 7 nitrogen and oxygen atoms in total. The monoisotopic (exact) mass is 199 g/mol. The Labute approximate surface area is 78.0 Å². The topological polar surface area (TPSA) is 104 Å². The predicted molar refractivity (Wildman–Crippen MR) is 48.8 cm³/mol. The van der Waals surface area contributed by atoms with Crippen LogP contribution in [0.4, 0.5) is 5.82 Å². The second-order valence-corrected chi connectivity index (χ2v) is 2.60. The molecule has 0 radical (unpaired) electrons. The van der Waals surface area contributed by atoms with E-state index in [-0.39, 0.29) is 5.82 Å². The number of H-pyrrole nitrogens is 1. The number of aromatic nitrogens is 2. The second kappa shape index (κ2) is 3.36. The van der Waals surface area contributed by atoms with Crippen molar-refractivity contribution >= 4 is 11.8 Å². The largest absolute Gasteiger partial charge is 0.477 e. The first-order valence-electron chi connectivity index (χ1n) is 3.73. The van der Waals surface area contributed by atoms with E-state index in [9.17, 15) is 14.4 Å². The maximum atomic E-state index is 11.3. The summed E-state index contributed by atoms with van der Waals surface area (Å²) in [6.07, 6.45) is 0. The van der Waals surface area contributed by atoms with E-state index < -0.39 is 22.8 Å². The lowest BCUT2D eigenvalue weighted by Gasteiger charge is -2.05. The van der Waals surface area contributed by atoms with Gasteiger partial charge in [0.05, 0.1) is 0 Å². The van der Waals surface area contributed by atoms with Gasteiger partial charge in [0.25, 0.3) is 5.56 Å². The van der Waals surface area contributed by atoms with Gasteiger partial charge in [-0.1, -0.05) is 0 Å².